The van der Waals surface area contributed by atoms with E-state index in [1.807, 2.05) is 85.8 Å². The Balaban J connectivity index is 1.72. The van der Waals surface area contributed by atoms with Gasteiger partial charge in [-0.2, -0.15) is 0 Å². The maximum Gasteiger partial charge on any atom is 0.255 e. The van der Waals surface area contributed by atoms with E-state index in [-0.39, 0.29) is 5.91 Å². The van der Waals surface area contributed by atoms with Gasteiger partial charge in [0.05, 0.1) is 0 Å². The first kappa shape index (κ1) is 21.5. The van der Waals surface area contributed by atoms with Crippen molar-refractivity contribution in [2.45, 2.75) is 6.92 Å². The monoisotopic (exact) mass is 437 g/mol. The molecule has 0 spiro atoms. The average molecular weight is 437 g/mol. The Morgan fingerprint density at radius 3 is 1.78 bits per heavy atom. The maximum atomic E-state index is 12.7. The number of hydrogen-bond acceptors (Lipinski definition) is 2. The van der Waals surface area contributed by atoms with Crippen LogP contribution >= 0.6 is 8.15 Å². The van der Waals surface area contributed by atoms with Gasteiger partial charge < -0.3 is 9.84 Å². The number of rotatable bonds is 7. The van der Waals surface area contributed by atoms with Crippen LogP contribution < -0.4 is 15.9 Å². The van der Waals surface area contributed by atoms with Crippen molar-refractivity contribution in [3.05, 3.63) is 138 Å². The van der Waals surface area contributed by atoms with Crippen molar-refractivity contribution in [1.82, 2.24) is 5.32 Å². The van der Waals surface area contributed by atoms with Gasteiger partial charge >= 0.3 is 0 Å². The molecular formula is C28H24NO2P. The predicted octanol–water partition coefficient (Wildman–Crippen LogP) is 5.79. The summed E-state index contributed by atoms with van der Waals surface area (Å²) in [6, 6.07) is 37.6. The van der Waals surface area contributed by atoms with E-state index in [0.29, 0.717) is 11.3 Å². The number of amides is 1. The minimum absolute atomic E-state index is 0.177. The summed E-state index contributed by atoms with van der Waals surface area (Å²) in [7, 11) is -1.13. The first-order valence-electron chi connectivity index (χ1n) is 10.4. The van der Waals surface area contributed by atoms with Crippen LogP contribution in [0.4, 0.5) is 0 Å². The number of aryl methyl sites for hydroxylation is 1. The first-order valence-corrected chi connectivity index (χ1v) is 11.7. The molecule has 0 radical (unpaired) electrons. The molecule has 4 aromatic carbocycles. The van der Waals surface area contributed by atoms with Crippen molar-refractivity contribution < 1.29 is 9.32 Å². The fourth-order valence-corrected chi connectivity index (χ4v) is 5.03. The van der Waals surface area contributed by atoms with E-state index < -0.39 is 8.15 Å². The summed E-state index contributed by atoms with van der Waals surface area (Å²) >= 11 is 0. The highest BCUT2D eigenvalue weighted by Crippen LogP contribution is 2.40. The van der Waals surface area contributed by atoms with E-state index in [1.165, 1.54) is 0 Å². The molecule has 4 heteroatoms. The van der Waals surface area contributed by atoms with Crippen molar-refractivity contribution in [3.8, 4) is 0 Å². The highest BCUT2D eigenvalue weighted by Gasteiger charge is 2.20. The Bertz CT molecular complexity index is 1150. The third kappa shape index (κ3) is 5.32. The van der Waals surface area contributed by atoms with Crippen LogP contribution in [0.5, 0.6) is 0 Å². The lowest BCUT2D eigenvalue weighted by Crippen LogP contribution is -2.19. The largest absolute Gasteiger partial charge is 0.462 e. The van der Waals surface area contributed by atoms with E-state index in [9.17, 15) is 4.79 Å². The smallest absolute Gasteiger partial charge is 0.255 e. The van der Waals surface area contributed by atoms with Gasteiger partial charge in [0.1, 0.15) is 5.76 Å². The minimum atomic E-state index is -1.13. The van der Waals surface area contributed by atoms with E-state index >= 15 is 0 Å². The summed E-state index contributed by atoms with van der Waals surface area (Å²) in [5.74, 6) is 0.454. The molecule has 0 unspecified atom stereocenters. The summed E-state index contributed by atoms with van der Waals surface area (Å²) in [5, 5.41) is 5.12. The molecule has 0 aromatic heterocycles. The highest BCUT2D eigenvalue weighted by atomic mass is 31.1. The molecule has 158 valence electrons. The molecule has 32 heavy (non-hydrogen) atoms. The van der Waals surface area contributed by atoms with Gasteiger partial charge in [-0.3, -0.25) is 4.79 Å². The van der Waals surface area contributed by atoms with Gasteiger partial charge in [0.2, 0.25) is 0 Å². The summed E-state index contributed by atoms with van der Waals surface area (Å²) in [6.45, 7) is 2.04. The standard InChI is InChI=1S/C28H24NO2P/c1-22-13-11-12-20-26(22)27(21-29-28(30)23-14-5-2-6-15-23)31-32(24-16-7-3-8-17-24)25-18-9-4-10-19-25/h2-21H,1H3,(H,29,30). The molecule has 4 aromatic rings. The summed E-state index contributed by atoms with van der Waals surface area (Å²) in [4.78, 5) is 12.7. The lowest BCUT2D eigenvalue weighted by atomic mass is 10.1. The van der Waals surface area contributed by atoms with Crippen LogP contribution in [0.1, 0.15) is 21.5 Å². The zero-order valence-corrected chi connectivity index (χ0v) is 18.7. The van der Waals surface area contributed by atoms with E-state index in [4.69, 9.17) is 4.52 Å². The molecule has 1 amide bonds. The molecule has 3 nitrogen and oxygen atoms in total. The molecule has 0 saturated heterocycles. The average Bonchev–Trinajstić information content (AvgIpc) is 2.86. The second kappa shape index (κ2) is 10.6. The summed E-state index contributed by atoms with van der Waals surface area (Å²) < 4.78 is 6.69. The Morgan fingerprint density at radius 1 is 0.719 bits per heavy atom. The van der Waals surface area contributed by atoms with Gasteiger partial charge in [0, 0.05) is 27.9 Å². The van der Waals surface area contributed by atoms with Crippen LogP contribution in [-0.2, 0) is 4.52 Å². The first-order chi connectivity index (χ1) is 15.7. The number of benzene rings is 4. The Kier molecular flexibility index (Phi) is 7.12. The predicted molar refractivity (Wildman–Crippen MR) is 133 cm³/mol. The van der Waals surface area contributed by atoms with Crippen LogP contribution in [0.15, 0.2) is 121 Å². The Labute approximate surface area is 190 Å². The molecule has 1 N–H and O–H groups in total. The second-order valence-corrected chi connectivity index (χ2v) is 9.02. The number of nitrogens with one attached hydrogen (secondary N) is 1. The van der Waals surface area contributed by atoms with Crippen LogP contribution in [0.3, 0.4) is 0 Å². The molecule has 0 aliphatic carbocycles. The molecule has 0 aliphatic heterocycles. The fourth-order valence-electron chi connectivity index (χ4n) is 3.29. The molecular weight excluding hydrogens is 413 g/mol. The number of carbonyl (C=O) groups is 1. The zero-order valence-electron chi connectivity index (χ0n) is 17.8. The van der Waals surface area contributed by atoms with Crippen molar-refractivity contribution in [2.75, 3.05) is 0 Å². The molecule has 0 fully saturated rings. The summed E-state index contributed by atoms with van der Waals surface area (Å²) in [5.41, 5.74) is 2.62. The third-order valence-electron chi connectivity index (χ3n) is 4.95. The van der Waals surface area contributed by atoms with Gasteiger partial charge in [-0.15, -0.1) is 0 Å². The fraction of sp³-hybridized carbons (Fsp3) is 0.0357. The number of carbonyl (C=O) groups excluding carboxylic acids is 1. The molecule has 4 rings (SSSR count). The van der Waals surface area contributed by atoms with Crippen LogP contribution in [0, 0.1) is 6.92 Å². The van der Waals surface area contributed by atoms with E-state index in [2.05, 4.69) is 29.6 Å². The van der Waals surface area contributed by atoms with Crippen LogP contribution in [0.25, 0.3) is 5.76 Å². The van der Waals surface area contributed by atoms with Gasteiger partial charge in [0.15, 0.2) is 8.15 Å². The maximum absolute atomic E-state index is 12.7. The number of hydrogen-bond donors (Lipinski definition) is 1. The summed E-state index contributed by atoms with van der Waals surface area (Å²) in [6.07, 6.45) is 1.68. The SMILES string of the molecule is Cc1ccccc1C(=CNC(=O)c1ccccc1)OP(c1ccccc1)c1ccccc1. The van der Waals surface area contributed by atoms with Gasteiger partial charge in [-0.25, -0.2) is 0 Å². The van der Waals surface area contributed by atoms with Crippen LogP contribution in [0.2, 0.25) is 0 Å². The lowest BCUT2D eigenvalue weighted by Gasteiger charge is -2.22. The topological polar surface area (TPSA) is 38.3 Å². The quantitative estimate of drug-likeness (QED) is 0.294. The van der Waals surface area contributed by atoms with Crippen molar-refractivity contribution in [2.24, 2.45) is 0 Å². The normalized spacial score (nSPS) is 11.2. The molecule has 0 atom stereocenters. The van der Waals surface area contributed by atoms with E-state index in [0.717, 1.165) is 21.7 Å². The minimum Gasteiger partial charge on any atom is -0.462 e. The lowest BCUT2D eigenvalue weighted by molar-refractivity contribution is 0.0969. The molecule has 0 bridgehead atoms. The third-order valence-corrected chi connectivity index (χ3v) is 6.87. The van der Waals surface area contributed by atoms with Crippen LogP contribution in [-0.4, -0.2) is 5.91 Å². The van der Waals surface area contributed by atoms with Gasteiger partial charge in [0.25, 0.3) is 5.91 Å². The van der Waals surface area contributed by atoms with Crippen molar-refractivity contribution in [3.63, 3.8) is 0 Å². The van der Waals surface area contributed by atoms with Crippen molar-refractivity contribution >= 4 is 30.4 Å². The molecule has 0 saturated carbocycles. The molecule has 0 aliphatic rings. The Hall–Kier alpha value is -3.68. The Morgan fingerprint density at radius 2 is 1.22 bits per heavy atom. The highest BCUT2D eigenvalue weighted by molar-refractivity contribution is 7.68. The van der Waals surface area contributed by atoms with E-state index in [1.54, 1.807) is 18.3 Å². The van der Waals surface area contributed by atoms with Crippen molar-refractivity contribution in [1.29, 1.82) is 0 Å². The zero-order chi connectivity index (χ0) is 22.2. The van der Waals surface area contributed by atoms with Gasteiger partial charge in [-0.05, 0) is 24.6 Å². The van der Waals surface area contributed by atoms with Gasteiger partial charge in [-0.1, -0.05) is 103 Å². The second-order valence-electron chi connectivity index (χ2n) is 7.22. The molecule has 0 heterocycles.